The normalized spacial score (nSPS) is 13.4. The van der Waals surface area contributed by atoms with Crippen LogP contribution in [0.1, 0.15) is 25.5 Å². The Morgan fingerprint density at radius 3 is 2.47 bits per heavy atom. The first-order chi connectivity index (χ1) is 8.36. The Balaban J connectivity index is 0.00000324. The van der Waals surface area contributed by atoms with Gasteiger partial charge in [-0.1, -0.05) is 30.1 Å². The van der Waals surface area contributed by atoms with Gasteiger partial charge in [0.1, 0.15) is 5.82 Å². The van der Waals surface area contributed by atoms with Crippen LogP contribution < -0.4 is 11.1 Å². The molecular formula is C12H16Cl3FN2O. The molecule has 3 nitrogen and oxygen atoms in total. The molecule has 108 valence electrons. The van der Waals surface area contributed by atoms with E-state index in [1.807, 2.05) is 0 Å². The zero-order chi connectivity index (χ0) is 13.9. The van der Waals surface area contributed by atoms with Gasteiger partial charge in [0, 0.05) is 17.5 Å². The molecule has 0 saturated heterocycles. The van der Waals surface area contributed by atoms with E-state index in [0.717, 1.165) is 0 Å². The monoisotopic (exact) mass is 328 g/mol. The Kier molecular flexibility index (Phi) is 7.67. The van der Waals surface area contributed by atoms with E-state index in [-0.39, 0.29) is 35.8 Å². The smallest absolute Gasteiger partial charge is 0.224 e. The van der Waals surface area contributed by atoms with Gasteiger partial charge >= 0.3 is 0 Å². The average Bonchev–Trinajstić information content (AvgIpc) is 2.32. The van der Waals surface area contributed by atoms with Crippen molar-refractivity contribution in [1.29, 1.82) is 0 Å². The topological polar surface area (TPSA) is 55.1 Å². The number of nitrogens with two attached hydrogens (primary N) is 1. The number of hydrogen-bond acceptors (Lipinski definition) is 2. The summed E-state index contributed by atoms with van der Waals surface area (Å²) in [4.78, 5) is 11.7. The lowest BCUT2D eigenvalue weighted by molar-refractivity contribution is -0.124. The first-order valence-electron chi connectivity index (χ1n) is 5.51. The minimum atomic E-state index is -0.566. The van der Waals surface area contributed by atoms with Crippen LogP contribution in [0.4, 0.5) is 4.39 Å². The van der Waals surface area contributed by atoms with Gasteiger partial charge in [0.2, 0.25) is 5.91 Å². The standard InChI is InChI=1S/C12H15Cl2FN2O.ClH/c1-6(5-16)12(18)17-7(2)8-3-11(15)10(14)4-9(8)13;/h3-4,6-7H,5,16H2,1-2H3,(H,17,18);1H. The van der Waals surface area contributed by atoms with Crippen LogP contribution in [0.25, 0.3) is 0 Å². The molecule has 19 heavy (non-hydrogen) atoms. The molecular weight excluding hydrogens is 314 g/mol. The molecule has 0 aliphatic heterocycles. The second-order valence-electron chi connectivity index (χ2n) is 4.15. The zero-order valence-electron chi connectivity index (χ0n) is 10.5. The molecule has 0 radical (unpaired) electrons. The van der Waals surface area contributed by atoms with Crippen LogP contribution in [-0.4, -0.2) is 12.5 Å². The first kappa shape index (κ1) is 18.4. The highest BCUT2D eigenvalue weighted by Gasteiger charge is 2.18. The maximum absolute atomic E-state index is 13.4. The Labute approximate surface area is 128 Å². The average molecular weight is 330 g/mol. The van der Waals surface area contributed by atoms with Crippen LogP contribution >= 0.6 is 35.6 Å². The fraction of sp³-hybridized carbons (Fsp3) is 0.417. The Hall–Kier alpha value is -0.550. The maximum Gasteiger partial charge on any atom is 0.224 e. The van der Waals surface area contributed by atoms with E-state index in [0.29, 0.717) is 10.6 Å². The summed E-state index contributed by atoms with van der Waals surface area (Å²) in [7, 11) is 0. The van der Waals surface area contributed by atoms with Crippen molar-refractivity contribution in [3.63, 3.8) is 0 Å². The fourth-order valence-corrected chi connectivity index (χ4v) is 1.96. The lowest BCUT2D eigenvalue weighted by atomic mass is 10.1. The van der Waals surface area contributed by atoms with Gasteiger partial charge in [-0.3, -0.25) is 4.79 Å². The molecule has 0 aliphatic rings. The highest BCUT2D eigenvalue weighted by Crippen LogP contribution is 2.28. The number of nitrogens with one attached hydrogen (secondary N) is 1. The highest BCUT2D eigenvalue weighted by molar-refractivity contribution is 6.35. The predicted octanol–water partition coefficient (Wildman–Crippen LogP) is 3.33. The molecule has 1 aromatic carbocycles. The second kappa shape index (κ2) is 7.90. The Morgan fingerprint density at radius 2 is 1.95 bits per heavy atom. The van der Waals surface area contributed by atoms with Gasteiger partial charge in [-0.05, 0) is 24.6 Å². The molecule has 0 fully saturated rings. The minimum Gasteiger partial charge on any atom is -0.349 e. The summed E-state index contributed by atoms with van der Waals surface area (Å²) in [5, 5.41) is 2.99. The molecule has 1 amide bonds. The molecule has 0 spiro atoms. The van der Waals surface area contributed by atoms with Crippen LogP contribution in [0.15, 0.2) is 12.1 Å². The van der Waals surface area contributed by atoms with Gasteiger partial charge in [-0.25, -0.2) is 4.39 Å². The summed E-state index contributed by atoms with van der Waals surface area (Å²) < 4.78 is 13.4. The summed E-state index contributed by atoms with van der Waals surface area (Å²) in [6.45, 7) is 3.68. The molecule has 0 bridgehead atoms. The maximum atomic E-state index is 13.4. The van der Waals surface area contributed by atoms with E-state index in [4.69, 9.17) is 28.9 Å². The van der Waals surface area contributed by atoms with Crippen molar-refractivity contribution in [2.45, 2.75) is 19.9 Å². The first-order valence-corrected chi connectivity index (χ1v) is 6.27. The van der Waals surface area contributed by atoms with Crippen molar-refractivity contribution in [3.05, 3.63) is 33.6 Å². The molecule has 0 aliphatic carbocycles. The predicted molar refractivity (Wildman–Crippen MR) is 78.4 cm³/mol. The SMILES string of the molecule is CC(CN)C(=O)NC(C)c1cc(F)c(Cl)cc1Cl.Cl. The lowest BCUT2D eigenvalue weighted by Gasteiger charge is -2.18. The van der Waals surface area contributed by atoms with Crippen molar-refractivity contribution in [2.24, 2.45) is 11.7 Å². The van der Waals surface area contributed by atoms with Crippen LogP contribution in [0.2, 0.25) is 10.0 Å². The van der Waals surface area contributed by atoms with Gasteiger partial charge in [-0.2, -0.15) is 0 Å². The molecule has 1 rings (SSSR count). The van der Waals surface area contributed by atoms with Gasteiger partial charge in [0.05, 0.1) is 11.1 Å². The van der Waals surface area contributed by atoms with Gasteiger partial charge in [-0.15, -0.1) is 12.4 Å². The van der Waals surface area contributed by atoms with Crippen molar-refractivity contribution in [1.82, 2.24) is 5.32 Å². The molecule has 7 heteroatoms. The summed E-state index contributed by atoms with van der Waals surface area (Å²) in [6, 6.07) is 2.14. The van der Waals surface area contributed by atoms with E-state index in [1.54, 1.807) is 13.8 Å². The third-order valence-electron chi connectivity index (χ3n) is 2.67. The van der Waals surface area contributed by atoms with Crippen LogP contribution in [0.3, 0.4) is 0 Å². The number of halogens is 4. The van der Waals surface area contributed by atoms with E-state index >= 15 is 0 Å². The molecule has 3 N–H and O–H groups in total. The van der Waals surface area contributed by atoms with Crippen molar-refractivity contribution >= 4 is 41.5 Å². The molecule has 0 saturated carbocycles. The van der Waals surface area contributed by atoms with Crippen molar-refractivity contribution in [2.75, 3.05) is 6.54 Å². The molecule has 1 aromatic rings. The molecule has 0 heterocycles. The minimum absolute atomic E-state index is 0. The van der Waals surface area contributed by atoms with E-state index in [9.17, 15) is 9.18 Å². The van der Waals surface area contributed by atoms with E-state index in [1.165, 1.54) is 12.1 Å². The number of carbonyl (C=O) groups is 1. The highest BCUT2D eigenvalue weighted by atomic mass is 35.5. The van der Waals surface area contributed by atoms with E-state index in [2.05, 4.69) is 5.32 Å². The van der Waals surface area contributed by atoms with Crippen LogP contribution in [-0.2, 0) is 4.79 Å². The third kappa shape index (κ3) is 4.80. The van der Waals surface area contributed by atoms with Crippen molar-refractivity contribution in [3.8, 4) is 0 Å². The number of rotatable bonds is 4. The number of amides is 1. The zero-order valence-corrected chi connectivity index (χ0v) is 12.9. The quantitative estimate of drug-likeness (QED) is 0.833. The molecule has 2 atom stereocenters. The molecule has 0 aromatic heterocycles. The third-order valence-corrected chi connectivity index (χ3v) is 3.28. The summed E-state index contributed by atoms with van der Waals surface area (Å²) in [5.74, 6) is -1.07. The van der Waals surface area contributed by atoms with Gasteiger partial charge < -0.3 is 11.1 Å². The Bertz CT molecular complexity index is 457. The number of hydrogen-bond donors (Lipinski definition) is 2. The van der Waals surface area contributed by atoms with Gasteiger partial charge in [0.25, 0.3) is 0 Å². The second-order valence-corrected chi connectivity index (χ2v) is 4.97. The summed E-state index contributed by atoms with van der Waals surface area (Å²) in [6.07, 6.45) is 0. The molecule has 2 unspecified atom stereocenters. The van der Waals surface area contributed by atoms with E-state index < -0.39 is 11.9 Å². The summed E-state index contributed by atoms with van der Waals surface area (Å²) in [5.41, 5.74) is 5.88. The van der Waals surface area contributed by atoms with Crippen LogP contribution in [0.5, 0.6) is 0 Å². The largest absolute Gasteiger partial charge is 0.349 e. The van der Waals surface area contributed by atoms with Gasteiger partial charge in [0.15, 0.2) is 0 Å². The Morgan fingerprint density at radius 1 is 1.37 bits per heavy atom. The summed E-state index contributed by atoms with van der Waals surface area (Å²) >= 11 is 11.6. The fourth-order valence-electron chi connectivity index (χ4n) is 1.41. The van der Waals surface area contributed by atoms with Crippen LogP contribution in [0, 0.1) is 11.7 Å². The van der Waals surface area contributed by atoms with Crippen molar-refractivity contribution < 1.29 is 9.18 Å². The number of carbonyl (C=O) groups excluding carboxylic acids is 1. The number of benzene rings is 1. The lowest BCUT2D eigenvalue weighted by Crippen LogP contribution is -2.35.